The molecule has 6 heteroatoms. The van der Waals surface area contributed by atoms with Crippen LogP contribution >= 0.6 is 0 Å². The first-order chi connectivity index (χ1) is 9.57. The topological polar surface area (TPSA) is 64.6 Å². The predicted octanol–water partition coefficient (Wildman–Crippen LogP) is 1.30. The summed E-state index contributed by atoms with van der Waals surface area (Å²) < 4.78 is 34.2. The van der Waals surface area contributed by atoms with Crippen LogP contribution in [0.2, 0.25) is 0 Å². The fraction of sp³-hybridized carbons (Fsp3) is 0.571. The molecule has 1 saturated heterocycles. The number of hydrogen-bond donors (Lipinski definition) is 1. The summed E-state index contributed by atoms with van der Waals surface area (Å²) in [5.41, 5.74) is 1.14. The second-order valence-electron chi connectivity index (χ2n) is 5.26. The minimum absolute atomic E-state index is 0.116. The van der Waals surface area contributed by atoms with Crippen molar-refractivity contribution in [2.24, 2.45) is 0 Å². The smallest absolute Gasteiger partial charge is 0.154 e. The van der Waals surface area contributed by atoms with Crippen molar-refractivity contribution in [3.63, 3.8) is 0 Å². The molecule has 2 heterocycles. The quantitative estimate of drug-likeness (QED) is 0.907. The summed E-state index contributed by atoms with van der Waals surface area (Å²) in [5.74, 6) is 1.85. The maximum atomic E-state index is 11.4. The van der Waals surface area contributed by atoms with Gasteiger partial charge >= 0.3 is 0 Å². The summed E-state index contributed by atoms with van der Waals surface area (Å²) in [4.78, 5) is 0. The molecule has 0 aromatic heterocycles. The molecule has 1 fully saturated rings. The molecule has 0 amide bonds. The van der Waals surface area contributed by atoms with Gasteiger partial charge in [0, 0.05) is 11.6 Å². The highest BCUT2D eigenvalue weighted by atomic mass is 32.2. The van der Waals surface area contributed by atoms with Gasteiger partial charge in [0.15, 0.2) is 9.84 Å². The molecule has 2 aliphatic heterocycles. The third-order valence-corrected chi connectivity index (χ3v) is 5.45. The maximum Gasteiger partial charge on any atom is 0.154 e. The lowest BCUT2D eigenvalue weighted by atomic mass is 10.1. The van der Waals surface area contributed by atoms with Gasteiger partial charge in [-0.05, 0) is 25.1 Å². The Morgan fingerprint density at radius 3 is 3.00 bits per heavy atom. The summed E-state index contributed by atoms with van der Waals surface area (Å²) in [7, 11) is -2.91. The molecule has 0 radical (unpaired) electrons. The van der Waals surface area contributed by atoms with Gasteiger partial charge in [-0.2, -0.15) is 0 Å². The molecule has 0 aliphatic carbocycles. The molecule has 2 unspecified atom stereocenters. The molecule has 2 atom stereocenters. The van der Waals surface area contributed by atoms with Crippen LogP contribution < -0.4 is 14.8 Å². The molecule has 1 aromatic rings. The second-order valence-corrected chi connectivity index (χ2v) is 7.49. The van der Waals surface area contributed by atoms with E-state index in [9.17, 15) is 8.42 Å². The number of benzene rings is 1. The Labute approximate surface area is 119 Å². The Balaban J connectivity index is 1.71. The maximum absolute atomic E-state index is 11.4. The van der Waals surface area contributed by atoms with Crippen molar-refractivity contribution >= 4 is 9.84 Å². The fourth-order valence-electron chi connectivity index (χ4n) is 2.73. The molecule has 0 saturated carbocycles. The van der Waals surface area contributed by atoms with Crippen molar-refractivity contribution in [3.05, 3.63) is 23.8 Å². The van der Waals surface area contributed by atoms with Gasteiger partial charge in [-0.3, -0.25) is 0 Å². The van der Waals surface area contributed by atoms with Crippen molar-refractivity contribution in [1.29, 1.82) is 0 Å². The SMILES string of the molecule is CCNC1COc2cc(OC3CCS(=O)(=O)C3)ccc21. The van der Waals surface area contributed by atoms with Crippen molar-refractivity contribution in [3.8, 4) is 11.5 Å². The van der Waals surface area contributed by atoms with E-state index in [0.717, 1.165) is 17.9 Å². The molecule has 0 spiro atoms. The van der Waals surface area contributed by atoms with E-state index in [2.05, 4.69) is 12.2 Å². The molecule has 2 aliphatic rings. The minimum Gasteiger partial charge on any atom is -0.491 e. The van der Waals surface area contributed by atoms with E-state index in [1.54, 1.807) is 0 Å². The van der Waals surface area contributed by atoms with Gasteiger partial charge in [0.25, 0.3) is 0 Å². The monoisotopic (exact) mass is 297 g/mol. The van der Waals surface area contributed by atoms with Crippen LogP contribution in [0.3, 0.4) is 0 Å². The van der Waals surface area contributed by atoms with Crippen molar-refractivity contribution in [2.75, 3.05) is 24.7 Å². The van der Waals surface area contributed by atoms with Crippen LogP contribution in [0.4, 0.5) is 0 Å². The van der Waals surface area contributed by atoms with Crippen LogP contribution in [0.15, 0.2) is 18.2 Å². The van der Waals surface area contributed by atoms with Crippen molar-refractivity contribution in [2.45, 2.75) is 25.5 Å². The van der Waals surface area contributed by atoms with Gasteiger partial charge in [0.1, 0.15) is 24.2 Å². The van der Waals surface area contributed by atoms with E-state index >= 15 is 0 Å². The highest BCUT2D eigenvalue weighted by Gasteiger charge is 2.30. The molecule has 1 N–H and O–H groups in total. The van der Waals surface area contributed by atoms with Gasteiger partial charge in [0.2, 0.25) is 0 Å². The number of rotatable bonds is 4. The number of nitrogens with one attached hydrogen (secondary N) is 1. The fourth-order valence-corrected chi connectivity index (χ4v) is 4.32. The lowest BCUT2D eigenvalue weighted by molar-refractivity contribution is 0.227. The van der Waals surface area contributed by atoms with E-state index in [0.29, 0.717) is 18.8 Å². The molecule has 1 aromatic carbocycles. The highest BCUT2D eigenvalue weighted by molar-refractivity contribution is 7.91. The van der Waals surface area contributed by atoms with Crippen LogP contribution in [0, 0.1) is 0 Å². The van der Waals surface area contributed by atoms with Gasteiger partial charge in [0.05, 0.1) is 17.5 Å². The van der Waals surface area contributed by atoms with Crippen LogP contribution in [0.1, 0.15) is 24.9 Å². The molecule has 3 rings (SSSR count). The highest BCUT2D eigenvalue weighted by Crippen LogP contribution is 2.35. The van der Waals surface area contributed by atoms with E-state index in [1.165, 1.54) is 0 Å². The zero-order chi connectivity index (χ0) is 14.2. The van der Waals surface area contributed by atoms with Crippen LogP contribution in [-0.2, 0) is 9.84 Å². The Kier molecular flexibility index (Phi) is 3.60. The average molecular weight is 297 g/mol. The summed E-state index contributed by atoms with van der Waals surface area (Å²) in [6, 6.07) is 5.98. The van der Waals surface area contributed by atoms with E-state index < -0.39 is 9.84 Å². The largest absolute Gasteiger partial charge is 0.491 e. The molecule has 0 bridgehead atoms. The van der Waals surface area contributed by atoms with E-state index in [1.807, 2.05) is 18.2 Å². The summed E-state index contributed by atoms with van der Waals surface area (Å²) >= 11 is 0. The standard InChI is InChI=1S/C14H19NO4S/c1-2-15-13-8-18-14-7-10(3-4-12(13)14)19-11-5-6-20(16,17)9-11/h3-4,7,11,13,15H,2,5-6,8-9H2,1H3. The van der Waals surface area contributed by atoms with Crippen LogP contribution in [-0.4, -0.2) is 39.2 Å². The van der Waals surface area contributed by atoms with Gasteiger partial charge in [-0.1, -0.05) is 6.92 Å². The number of sulfone groups is 1. The molecule has 110 valence electrons. The van der Waals surface area contributed by atoms with Crippen molar-refractivity contribution < 1.29 is 17.9 Å². The average Bonchev–Trinajstić information content (AvgIpc) is 2.94. The first-order valence-corrected chi connectivity index (χ1v) is 8.77. The third-order valence-electron chi connectivity index (χ3n) is 3.71. The van der Waals surface area contributed by atoms with Gasteiger partial charge in [-0.15, -0.1) is 0 Å². The lowest BCUT2D eigenvalue weighted by Crippen LogP contribution is -2.21. The summed E-state index contributed by atoms with van der Waals surface area (Å²) in [5, 5.41) is 3.36. The molecule has 20 heavy (non-hydrogen) atoms. The number of fused-ring (bicyclic) bond motifs is 1. The Morgan fingerprint density at radius 1 is 1.45 bits per heavy atom. The molecular weight excluding hydrogens is 278 g/mol. The normalized spacial score (nSPS) is 27.1. The summed E-state index contributed by atoms with van der Waals surface area (Å²) in [6.07, 6.45) is 0.337. The van der Waals surface area contributed by atoms with Crippen LogP contribution in [0.5, 0.6) is 11.5 Å². The Morgan fingerprint density at radius 2 is 2.30 bits per heavy atom. The minimum atomic E-state index is -2.91. The van der Waals surface area contributed by atoms with E-state index in [4.69, 9.17) is 9.47 Å². The number of likely N-dealkylation sites (N-methyl/N-ethyl adjacent to an activating group) is 1. The zero-order valence-corrected chi connectivity index (χ0v) is 12.3. The predicted molar refractivity (Wildman–Crippen MR) is 76.0 cm³/mol. The number of ether oxygens (including phenoxy) is 2. The first kappa shape index (κ1) is 13.7. The van der Waals surface area contributed by atoms with E-state index in [-0.39, 0.29) is 23.7 Å². The Bertz CT molecular complexity index is 599. The first-order valence-electron chi connectivity index (χ1n) is 6.94. The summed E-state index contributed by atoms with van der Waals surface area (Å²) in [6.45, 7) is 3.59. The molecule has 5 nitrogen and oxygen atoms in total. The van der Waals surface area contributed by atoms with Gasteiger partial charge < -0.3 is 14.8 Å². The van der Waals surface area contributed by atoms with Crippen molar-refractivity contribution in [1.82, 2.24) is 5.32 Å². The lowest BCUT2D eigenvalue weighted by Gasteiger charge is -2.13. The van der Waals surface area contributed by atoms with Crippen LogP contribution in [0.25, 0.3) is 0 Å². The second kappa shape index (κ2) is 5.26. The van der Waals surface area contributed by atoms with Gasteiger partial charge in [-0.25, -0.2) is 8.42 Å². The Hall–Kier alpha value is -1.27. The third kappa shape index (κ3) is 2.76. The molecular formula is C14H19NO4S. The zero-order valence-electron chi connectivity index (χ0n) is 11.5. The number of hydrogen-bond acceptors (Lipinski definition) is 5.